The molecule has 0 unspecified atom stereocenters. The smallest absolute Gasteiger partial charge is 0.109 e. The predicted molar refractivity (Wildman–Crippen MR) is 75.8 cm³/mol. The quantitative estimate of drug-likeness (QED) is 0.636. The monoisotopic (exact) mass is 248 g/mol. The predicted octanol–water partition coefficient (Wildman–Crippen LogP) is 1.99. The van der Waals surface area contributed by atoms with E-state index in [-0.39, 0.29) is 0 Å². The Kier molecular flexibility index (Phi) is 3.45. The van der Waals surface area contributed by atoms with Crippen LogP contribution in [0.4, 0.5) is 0 Å². The van der Waals surface area contributed by atoms with Crippen molar-refractivity contribution in [2.75, 3.05) is 0 Å². The molecule has 3 heteroatoms. The molecule has 82 valence electrons. The first-order valence-electron chi connectivity index (χ1n) is 4.94. The number of hydrogen-bond donors (Lipinski definition) is 1. The van der Waals surface area contributed by atoms with Crippen LogP contribution in [0.3, 0.4) is 0 Å². The summed E-state index contributed by atoms with van der Waals surface area (Å²) in [6.45, 7) is 0. The molecule has 0 saturated heterocycles. The van der Waals surface area contributed by atoms with Crippen molar-refractivity contribution in [2.45, 2.75) is 0 Å². The molecule has 2 rings (SSSR count). The maximum absolute atomic E-state index is 10.8. The van der Waals surface area contributed by atoms with E-state index >= 15 is 0 Å². The molecular weight excluding hydrogens is 235 g/mol. The van der Waals surface area contributed by atoms with E-state index in [1.54, 1.807) is 0 Å². The fourth-order valence-electron chi connectivity index (χ4n) is 1.56. The highest BCUT2D eigenvalue weighted by molar-refractivity contribution is 8.25. The van der Waals surface area contributed by atoms with E-state index in [4.69, 9.17) is 0 Å². The number of benzene rings is 2. The Morgan fingerprint density at radius 1 is 0.812 bits per heavy atom. The van der Waals surface area contributed by atoms with Crippen molar-refractivity contribution in [3.8, 4) is 0 Å². The molecule has 2 aromatic rings. The minimum atomic E-state index is -2.35. The molecule has 16 heavy (non-hydrogen) atoms. The minimum absolute atomic E-state index is 0.959. The number of hydrogen-bond acceptors (Lipinski definition) is 0. The molecule has 1 N–H and O–H groups in total. The van der Waals surface area contributed by atoms with Crippen LogP contribution < -0.4 is 10.6 Å². The van der Waals surface area contributed by atoms with Crippen LogP contribution >= 0.6 is 6.26 Å². The Balaban J connectivity index is 2.64. The summed E-state index contributed by atoms with van der Waals surface area (Å²) < 4.78 is 0. The van der Waals surface area contributed by atoms with Crippen LogP contribution in [0.5, 0.6) is 0 Å². The van der Waals surface area contributed by atoms with Crippen molar-refractivity contribution in [1.82, 2.24) is 0 Å². The molecule has 0 aliphatic heterocycles. The topological polar surface area (TPSA) is 20.2 Å². The van der Waals surface area contributed by atoms with Gasteiger partial charge in [0, 0.05) is 10.6 Å². The van der Waals surface area contributed by atoms with Gasteiger partial charge >= 0.3 is 0 Å². The summed E-state index contributed by atoms with van der Waals surface area (Å²) in [7, 11) is 1.30. The molecule has 0 atom stereocenters. The van der Waals surface area contributed by atoms with Crippen molar-refractivity contribution in [3.63, 3.8) is 0 Å². The molecule has 0 spiro atoms. The van der Waals surface area contributed by atoms with Gasteiger partial charge in [0.15, 0.2) is 0 Å². The van der Waals surface area contributed by atoms with Gasteiger partial charge in [-0.1, -0.05) is 60.7 Å². The fourth-order valence-corrected chi connectivity index (χ4v) is 4.93. The Morgan fingerprint density at radius 3 is 1.50 bits per heavy atom. The molecule has 0 fully saturated rings. The van der Waals surface area contributed by atoms with Gasteiger partial charge in [-0.2, -0.15) is 0 Å². The molecule has 0 radical (unpaired) electrons. The summed E-state index contributed by atoms with van der Waals surface area (Å²) >= 11 is 0. The lowest BCUT2D eigenvalue weighted by molar-refractivity contribution is 0.642. The molecule has 0 aliphatic rings. The highest BCUT2D eigenvalue weighted by Crippen LogP contribution is 2.38. The van der Waals surface area contributed by atoms with Crippen molar-refractivity contribution >= 4 is 33.3 Å². The number of rotatable bonds is 2. The van der Waals surface area contributed by atoms with E-state index < -0.39 is 6.26 Å². The average molecular weight is 248 g/mol. The van der Waals surface area contributed by atoms with Gasteiger partial charge in [-0.05, 0) is 5.87 Å². The van der Waals surface area contributed by atoms with Gasteiger partial charge in [0.1, 0.15) is 6.26 Å². The lowest BCUT2D eigenvalue weighted by Crippen LogP contribution is -2.15. The first-order chi connectivity index (χ1) is 7.77. The largest absolute Gasteiger partial charge is 0.359 e. The van der Waals surface area contributed by atoms with E-state index in [0.717, 1.165) is 10.6 Å². The molecule has 0 aliphatic carbocycles. The lowest BCUT2D eigenvalue weighted by atomic mass is 10.4. The zero-order valence-corrected chi connectivity index (χ0v) is 10.5. The molecule has 0 bridgehead atoms. The SMILES string of the molecule is C=S=P(O)(c1ccccc1)c1ccccc1. The van der Waals surface area contributed by atoms with Crippen LogP contribution in [-0.4, -0.2) is 10.8 Å². The Hall–Kier alpha value is -1.08. The Labute approximate surface area is 99.0 Å². The second kappa shape index (κ2) is 4.84. The average Bonchev–Trinajstić information content (AvgIpc) is 2.40. The maximum Gasteiger partial charge on any atom is 0.109 e. The van der Waals surface area contributed by atoms with Crippen LogP contribution in [0.1, 0.15) is 0 Å². The molecule has 0 heterocycles. The van der Waals surface area contributed by atoms with Gasteiger partial charge in [0.2, 0.25) is 0 Å². The molecular formula is C13H13OPS. The van der Waals surface area contributed by atoms with Crippen molar-refractivity contribution < 1.29 is 4.89 Å². The summed E-state index contributed by atoms with van der Waals surface area (Å²) in [4.78, 5) is 10.8. The van der Waals surface area contributed by atoms with Crippen molar-refractivity contribution in [1.29, 1.82) is 0 Å². The Morgan fingerprint density at radius 2 is 1.19 bits per heavy atom. The summed E-state index contributed by atoms with van der Waals surface area (Å²) in [5.41, 5.74) is 0. The molecule has 2 aromatic carbocycles. The fraction of sp³-hybridized carbons (Fsp3) is 0. The van der Waals surface area contributed by atoms with Crippen LogP contribution in [0.15, 0.2) is 60.7 Å². The van der Waals surface area contributed by atoms with Crippen molar-refractivity contribution in [3.05, 3.63) is 60.7 Å². The second-order valence-electron chi connectivity index (χ2n) is 3.38. The van der Waals surface area contributed by atoms with Crippen LogP contribution in [0.25, 0.3) is 0 Å². The first kappa shape index (κ1) is 11.4. The third-order valence-corrected chi connectivity index (χ3v) is 7.15. The lowest BCUT2D eigenvalue weighted by Gasteiger charge is -2.17. The van der Waals surface area contributed by atoms with Gasteiger partial charge in [-0.15, -0.1) is 10.5 Å². The van der Waals surface area contributed by atoms with E-state index in [0.29, 0.717) is 0 Å². The molecule has 0 amide bonds. The summed E-state index contributed by atoms with van der Waals surface area (Å²) in [6.07, 6.45) is -2.35. The minimum Gasteiger partial charge on any atom is -0.359 e. The summed E-state index contributed by atoms with van der Waals surface area (Å²) in [5, 5.41) is 1.92. The van der Waals surface area contributed by atoms with Gasteiger partial charge < -0.3 is 4.89 Å². The van der Waals surface area contributed by atoms with Gasteiger partial charge in [-0.25, -0.2) is 0 Å². The highest BCUT2D eigenvalue weighted by atomic mass is 32.5. The first-order valence-corrected chi connectivity index (χ1v) is 8.27. The van der Waals surface area contributed by atoms with Gasteiger partial charge in [0.05, 0.1) is 0 Å². The van der Waals surface area contributed by atoms with Gasteiger partial charge in [-0.3, -0.25) is 0 Å². The van der Waals surface area contributed by atoms with E-state index in [1.165, 1.54) is 10.5 Å². The normalized spacial score (nSPS) is 11.1. The summed E-state index contributed by atoms with van der Waals surface area (Å²) in [6, 6.07) is 19.5. The van der Waals surface area contributed by atoms with Crippen LogP contribution in [0.2, 0.25) is 0 Å². The van der Waals surface area contributed by atoms with E-state index in [1.807, 2.05) is 60.7 Å². The zero-order valence-electron chi connectivity index (χ0n) is 8.78. The third kappa shape index (κ3) is 2.05. The zero-order chi connectivity index (χ0) is 11.4. The van der Waals surface area contributed by atoms with Crippen LogP contribution in [0, 0.1) is 0 Å². The van der Waals surface area contributed by atoms with Gasteiger partial charge in [0.25, 0.3) is 0 Å². The van der Waals surface area contributed by atoms with E-state index in [2.05, 4.69) is 5.87 Å². The third-order valence-electron chi connectivity index (χ3n) is 2.40. The second-order valence-corrected chi connectivity index (χ2v) is 8.18. The van der Waals surface area contributed by atoms with Crippen molar-refractivity contribution in [2.24, 2.45) is 0 Å². The Bertz CT molecular complexity index is 501. The molecule has 0 saturated carbocycles. The highest BCUT2D eigenvalue weighted by Gasteiger charge is 2.17. The van der Waals surface area contributed by atoms with Crippen LogP contribution in [-0.2, 0) is 10.5 Å². The van der Waals surface area contributed by atoms with E-state index in [9.17, 15) is 4.89 Å². The maximum atomic E-state index is 10.8. The standard InChI is InChI=1S/C13H13OPS/c1-16-15(14,12-8-4-2-5-9-12)13-10-6-3-7-11-13/h2-11,14H,1H2. The molecule has 0 aromatic heterocycles. The molecule has 1 nitrogen and oxygen atoms in total. The summed E-state index contributed by atoms with van der Waals surface area (Å²) in [5.74, 6) is 3.83.